The van der Waals surface area contributed by atoms with E-state index >= 15 is 0 Å². The van der Waals surface area contributed by atoms with E-state index in [9.17, 15) is 14.6 Å². The Morgan fingerprint density at radius 3 is 2.59 bits per heavy atom. The summed E-state index contributed by atoms with van der Waals surface area (Å²) >= 11 is 5.86. The van der Waals surface area contributed by atoms with Crippen LogP contribution in [0.25, 0.3) is 0 Å². The summed E-state index contributed by atoms with van der Waals surface area (Å²) in [6, 6.07) is 9.64. The van der Waals surface area contributed by atoms with E-state index in [0.29, 0.717) is 28.2 Å². The first-order valence-electron chi connectivity index (χ1n) is 9.42. The van der Waals surface area contributed by atoms with Gasteiger partial charge in [-0.2, -0.15) is 0 Å². The molecule has 1 amide bonds. The van der Waals surface area contributed by atoms with Gasteiger partial charge in [-0.05, 0) is 53.2 Å². The van der Waals surface area contributed by atoms with Crippen molar-refractivity contribution in [2.24, 2.45) is 5.92 Å². The molecule has 1 aliphatic rings. The molecule has 1 atom stereocenters. The van der Waals surface area contributed by atoms with Gasteiger partial charge in [0.15, 0.2) is 0 Å². The molecule has 152 valence electrons. The Morgan fingerprint density at radius 2 is 1.93 bits per heavy atom. The minimum Gasteiger partial charge on any atom is -0.459 e. The van der Waals surface area contributed by atoms with Crippen LogP contribution >= 0.6 is 11.6 Å². The Balaban J connectivity index is 1.70. The number of nitrogens with one attached hydrogen (secondary N) is 1. The quantitative estimate of drug-likeness (QED) is 0.559. The average Bonchev–Trinajstić information content (AvgIpc) is 3.07. The van der Waals surface area contributed by atoms with Gasteiger partial charge in [0.25, 0.3) is 5.91 Å². The van der Waals surface area contributed by atoms with E-state index in [2.05, 4.69) is 5.32 Å². The van der Waals surface area contributed by atoms with Gasteiger partial charge in [-0.3, -0.25) is 4.79 Å². The number of amides is 1. The standard InChI is InChI=1S/C21H23BClNO5/c1-12(2)19(21(26)28-10-14-4-7-16(23)8-5-14)24-20(25)17-9-6-15-11-29-22(27)18(15)13(17)3/h4-9,12,19,27H,10-11H2,1-3H3,(H,24,25). The Morgan fingerprint density at radius 1 is 1.24 bits per heavy atom. The van der Waals surface area contributed by atoms with Crippen LogP contribution in [0.3, 0.4) is 0 Å². The Labute approximate surface area is 175 Å². The average molecular weight is 416 g/mol. The molecule has 2 aromatic carbocycles. The highest BCUT2D eigenvalue weighted by atomic mass is 35.5. The van der Waals surface area contributed by atoms with E-state index in [4.69, 9.17) is 21.0 Å². The molecule has 0 saturated heterocycles. The van der Waals surface area contributed by atoms with Crippen molar-refractivity contribution in [3.8, 4) is 0 Å². The van der Waals surface area contributed by atoms with Gasteiger partial charge in [0.05, 0.1) is 6.61 Å². The summed E-state index contributed by atoms with van der Waals surface area (Å²) in [7, 11) is -1.04. The Hall–Kier alpha value is -2.35. The molecule has 3 rings (SSSR count). The van der Waals surface area contributed by atoms with E-state index in [-0.39, 0.29) is 12.5 Å². The summed E-state index contributed by atoms with van der Waals surface area (Å²) in [5, 5.41) is 13.4. The van der Waals surface area contributed by atoms with Crippen molar-refractivity contribution in [2.45, 2.75) is 40.0 Å². The second kappa shape index (κ2) is 8.99. The number of ether oxygens (including phenoxy) is 1. The summed E-state index contributed by atoms with van der Waals surface area (Å²) < 4.78 is 10.6. The van der Waals surface area contributed by atoms with Crippen LogP contribution in [0.5, 0.6) is 0 Å². The Bertz CT molecular complexity index is 916. The number of benzene rings is 2. The van der Waals surface area contributed by atoms with Gasteiger partial charge < -0.3 is 19.7 Å². The monoisotopic (exact) mass is 415 g/mol. The lowest BCUT2D eigenvalue weighted by Crippen LogP contribution is -2.46. The fourth-order valence-electron chi connectivity index (χ4n) is 3.29. The maximum Gasteiger partial charge on any atom is 0.492 e. The number of rotatable bonds is 6. The maximum absolute atomic E-state index is 12.8. The summed E-state index contributed by atoms with van der Waals surface area (Å²) in [5.41, 5.74) is 3.31. The van der Waals surface area contributed by atoms with Gasteiger partial charge in [0.2, 0.25) is 0 Å². The largest absolute Gasteiger partial charge is 0.492 e. The minimum atomic E-state index is -1.04. The van der Waals surface area contributed by atoms with Crippen LogP contribution in [-0.4, -0.2) is 30.1 Å². The fraction of sp³-hybridized carbons (Fsp3) is 0.333. The molecule has 1 heterocycles. The molecule has 6 nitrogen and oxygen atoms in total. The topological polar surface area (TPSA) is 84.9 Å². The molecule has 1 unspecified atom stereocenters. The number of halogens is 1. The van der Waals surface area contributed by atoms with Gasteiger partial charge in [-0.25, -0.2) is 4.79 Å². The first-order chi connectivity index (χ1) is 13.8. The lowest BCUT2D eigenvalue weighted by molar-refractivity contribution is -0.148. The van der Waals surface area contributed by atoms with Gasteiger partial charge in [-0.15, -0.1) is 0 Å². The predicted octanol–water partition coefficient (Wildman–Crippen LogP) is 2.36. The van der Waals surface area contributed by atoms with Crippen LogP contribution in [0.4, 0.5) is 0 Å². The van der Waals surface area contributed by atoms with E-state index in [1.54, 1.807) is 43.3 Å². The third-order valence-electron chi connectivity index (χ3n) is 4.99. The molecule has 0 spiro atoms. The first kappa shape index (κ1) is 21.4. The predicted molar refractivity (Wildman–Crippen MR) is 111 cm³/mol. The van der Waals surface area contributed by atoms with Crippen LogP contribution in [-0.2, 0) is 27.4 Å². The van der Waals surface area contributed by atoms with Gasteiger partial charge in [-0.1, -0.05) is 43.6 Å². The SMILES string of the molecule is Cc1c(C(=O)NC(C(=O)OCc2ccc(Cl)cc2)C(C)C)ccc2c1B(O)OC2. The third kappa shape index (κ3) is 4.81. The second-order valence-electron chi connectivity index (χ2n) is 7.40. The van der Waals surface area contributed by atoms with Crippen LogP contribution in [0, 0.1) is 12.8 Å². The highest BCUT2D eigenvalue weighted by Crippen LogP contribution is 2.17. The molecule has 0 aliphatic carbocycles. The maximum atomic E-state index is 12.8. The van der Waals surface area contributed by atoms with Crippen LogP contribution in [0.1, 0.15) is 40.9 Å². The molecule has 29 heavy (non-hydrogen) atoms. The molecule has 1 aliphatic heterocycles. The van der Waals surface area contributed by atoms with Crippen LogP contribution in [0.15, 0.2) is 36.4 Å². The van der Waals surface area contributed by atoms with Crippen LogP contribution < -0.4 is 10.8 Å². The zero-order chi connectivity index (χ0) is 21.1. The normalized spacial score (nSPS) is 13.9. The van der Waals surface area contributed by atoms with Gasteiger partial charge >= 0.3 is 13.1 Å². The van der Waals surface area contributed by atoms with E-state index in [1.807, 2.05) is 13.8 Å². The number of hydrogen-bond acceptors (Lipinski definition) is 5. The number of carbonyl (C=O) groups is 2. The Kier molecular flexibility index (Phi) is 6.62. The van der Waals surface area contributed by atoms with Gasteiger partial charge in [0.1, 0.15) is 12.6 Å². The van der Waals surface area contributed by atoms with Crippen molar-refractivity contribution < 1.29 is 24.0 Å². The van der Waals surface area contributed by atoms with E-state index in [0.717, 1.165) is 11.1 Å². The van der Waals surface area contributed by atoms with Crippen LogP contribution in [0.2, 0.25) is 5.02 Å². The number of carbonyl (C=O) groups excluding carboxylic acids is 2. The molecular weight excluding hydrogens is 392 g/mol. The lowest BCUT2D eigenvalue weighted by Gasteiger charge is -2.22. The fourth-order valence-corrected chi connectivity index (χ4v) is 3.42. The third-order valence-corrected chi connectivity index (χ3v) is 5.25. The molecule has 0 radical (unpaired) electrons. The van der Waals surface area contributed by atoms with E-state index < -0.39 is 25.0 Å². The zero-order valence-corrected chi connectivity index (χ0v) is 17.3. The smallest absolute Gasteiger partial charge is 0.459 e. The minimum absolute atomic E-state index is 0.0937. The second-order valence-corrected chi connectivity index (χ2v) is 7.84. The summed E-state index contributed by atoms with van der Waals surface area (Å²) in [6.07, 6.45) is 0. The van der Waals surface area contributed by atoms with Crippen molar-refractivity contribution in [3.05, 3.63) is 63.7 Å². The molecule has 0 fully saturated rings. The molecule has 2 N–H and O–H groups in total. The summed E-state index contributed by atoms with van der Waals surface area (Å²) in [4.78, 5) is 25.4. The molecule has 0 bridgehead atoms. The molecule has 0 aromatic heterocycles. The molecule has 2 aromatic rings. The number of esters is 1. The highest BCUT2D eigenvalue weighted by Gasteiger charge is 2.32. The number of hydrogen-bond donors (Lipinski definition) is 2. The molecular formula is C21H23BClNO5. The van der Waals surface area contributed by atoms with Gasteiger partial charge in [0, 0.05) is 10.6 Å². The van der Waals surface area contributed by atoms with Crippen molar-refractivity contribution in [1.29, 1.82) is 0 Å². The summed E-state index contributed by atoms with van der Waals surface area (Å²) in [5.74, 6) is -1.07. The molecule has 8 heteroatoms. The highest BCUT2D eigenvalue weighted by molar-refractivity contribution is 6.62. The van der Waals surface area contributed by atoms with Crippen molar-refractivity contribution in [3.63, 3.8) is 0 Å². The van der Waals surface area contributed by atoms with Crippen molar-refractivity contribution >= 4 is 36.1 Å². The van der Waals surface area contributed by atoms with Crippen molar-refractivity contribution in [2.75, 3.05) is 0 Å². The summed E-state index contributed by atoms with van der Waals surface area (Å²) in [6.45, 7) is 5.83. The van der Waals surface area contributed by atoms with Crippen molar-refractivity contribution in [1.82, 2.24) is 5.32 Å². The number of fused-ring (bicyclic) bond motifs is 1. The first-order valence-corrected chi connectivity index (χ1v) is 9.79. The lowest BCUT2D eigenvalue weighted by atomic mass is 9.75. The zero-order valence-electron chi connectivity index (χ0n) is 16.6. The van der Waals surface area contributed by atoms with E-state index in [1.165, 1.54) is 0 Å². The molecule has 0 saturated carbocycles.